The fourth-order valence-electron chi connectivity index (χ4n) is 3.10. The molecule has 1 aromatic heterocycles. The van der Waals surface area contributed by atoms with Crippen molar-refractivity contribution in [2.45, 2.75) is 13.0 Å². The molecule has 0 aliphatic carbocycles. The van der Waals surface area contributed by atoms with Gasteiger partial charge in [0.2, 0.25) is 5.43 Å². The molecule has 0 aliphatic rings. The SMILES string of the molecule is O=C(O)c1ccccc1Cc1ccc2c(c1)c(=O)c(C(=O)O)cn2CCO. The lowest BCUT2D eigenvalue weighted by Gasteiger charge is -2.13. The normalized spacial score (nSPS) is 10.9. The van der Waals surface area contributed by atoms with Gasteiger partial charge in [-0.15, -0.1) is 0 Å². The van der Waals surface area contributed by atoms with Crippen molar-refractivity contribution < 1.29 is 24.9 Å². The number of aliphatic hydroxyl groups excluding tert-OH is 1. The smallest absolute Gasteiger partial charge is 0.341 e. The van der Waals surface area contributed by atoms with Crippen LogP contribution in [0.4, 0.5) is 0 Å². The summed E-state index contributed by atoms with van der Waals surface area (Å²) in [5.41, 5.74) is 0.976. The number of aromatic nitrogens is 1. The topological polar surface area (TPSA) is 117 Å². The number of aliphatic hydroxyl groups is 1. The van der Waals surface area contributed by atoms with Crippen LogP contribution in [-0.2, 0) is 13.0 Å². The summed E-state index contributed by atoms with van der Waals surface area (Å²) in [7, 11) is 0. The fraction of sp³-hybridized carbons (Fsp3) is 0.150. The minimum absolute atomic E-state index is 0.151. The lowest BCUT2D eigenvalue weighted by Crippen LogP contribution is -2.20. The summed E-state index contributed by atoms with van der Waals surface area (Å²) in [5.74, 6) is -2.37. The van der Waals surface area contributed by atoms with Crippen molar-refractivity contribution >= 4 is 22.8 Å². The minimum Gasteiger partial charge on any atom is -0.478 e. The first kappa shape index (κ1) is 18.3. The highest BCUT2D eigenvalue weighted by Gasteiger charge is 2.16. The van der Waals surface area contributed by atoms with E-state index in [-0.39, 0.29) is 36.1 Å². The Morgan fingerprint density at radius 2 is 1.67 bits per heavy atom. The Morgan fingerprint density at radius 3 is 2.33 bits per heavy atom. The molecule has 0 fully saturated rings. The molecule has 3 aromatic rings. The molecule has 0 amide bonds. The zero-order valence-electron chi connectivity index (χ0n) is 14.3. The molecular weight excluding hydrogens is 350 g/mol. The van der Waals surface area contributed by atoms with Crippen LogP contribution in [0.3, 0.4) is 0 Å². The third-order valence-electron chi connectivity index (χ3n) is 4.36. The van der Waals surface area contributed by atoms with E-state index in [4.69, 9.17) is 0 Å². The summed E-state index contributed by atoms with van der Waals surface area (Å²) in [6.07, 6.45) is 1.51. The van der Waals surface area contributed by atoms with Gasteiger partial charge in [0.15, 0.2) is 0 Å². The van der Waals surface area contributed by atoms with E-state index in [0.717, 1.165) is 0 Å². The van der Waals surface area contributed by atoms with Gasteiger partial charge in [-0.2, -0.15) is 0 Å². The van der Waals surface area contributed by atoms with Crippen molar-refractivity contribution in [3.63, 3.8) is 0 Å². The molecule has 0 atom stereocenters. The number of carboxylic acids is 2. The van der Waals surface area contributed by atoms with E-state index in [0.29, 0.717) is 16.6 Å². The number of hydrogen-bond acceptors (Lipinski definition) is 4. The first-order valence-corrected chi connectivity index (χ1v) is 8.24. The van der Waals surface area contributed by atoms with Crippen molar-refractivity contribution in [2.24, 2.45) is 0 Å². The van der Waals surface area contributed by atoms with Crippen LogP contribution in [0.1, 0.15) is 31.8 Å². The van der Waals surface area contributed by atoms with E-state index in [2.05, 4.69) is 0 Å². The second-order valence-electron chi connectivity index (χ2n) is 6.08. The van der Waals surface area contributed by atoms with E-state index in [9.17, 15) is 29.7 Å². The Labute approximate surface area is 153 Å². The third kappa shape index (κ3) is 3.58. The molecule has 0 radical (unpaired) electrons. The lowest BCUT2D eigenvalue weighted by molar-refractivity contribution is 0.0684. The van der Waals surface area contributed by atoms with E-state index >= 15 is 0 Å². The quantitative estimate of drug-likeness (QED) is 0.613. The van der Waals surface area contributed by atoms with Crippen LogP contribution < -0.4 is 5.43 Å². The van der Waals surface area contributed by atoms with Gasteiger partial charge in [0.05, 0.1) is 17.7 Å². The van der Waals surface area contributed by atoms with Crippen LogP contribution in [0, 0.1) is 0 Å². The molecular formula is C20H17NO6. The average molecular weight is 367 g/mol. The second kappa shape index (κ2) is 7.43. The summed E-state index contributed by atoms with van der Waals surface area (Å²) in [6, 6.07) is 11.6. The average Bonchev–Trinajstić information content (AvgIpc) is 2.64. The molecule has 0 saturated carbocycles. The maximum Gasteiger partial charge on any atom is 0.341 e. The van der Waals surface area contributed by atoms with Gasteiger partial charge < -0.3 is 19.9 Å². The molecule has 3 rings (SSSR count). The molecule has 0 saturated heterocycles. The number of fused-ring (bicyclic) bond motifs is 1. The van der Waals surface area contributed by atoms with Crippen molar-refractivity contribution in [1.29, 1.82) is 0 Å². The Morgan fingerprint density at radius 1 is 0.963 bits per heavy atom. The summed E-state index contributed by atoms with van der Waals surface area (Å²) < 4.78 is 1.52. The van der Waals surface area contributed by atoms with Gasteiger partial charge in [-0.1, -0.05) is 24.3 Å². The van der Waals surface area contributed by atoms with Crippen molar-refractivity contribution in [2.75, 3.05) is 6.61 Å². The number of hydrogen-bond donors (Lipinski definition) is 3. The van der Waals surface area contributed by atoms with Crippen LogP contribution in [0.15, 0.2) is 53.5 Å². The molecule has 1 heterocycles. The Bertz CT molecular complexity index is 1100. The Balaban J connectivity index is 2.15. The first-order chi connectivity index (χ1) is 12.9. The lowest BCUT2D eigenvalue weighted by atomic mass is 9.98. The van der Waals surface area contributed by atoms with E-state index in [1.807, 2.05) is 0 Å². The van der Waals surface area contributed by atoms with Crippen molar-refractivity contribution in [3.8, 4) is 0 Å². The standard InChI is InChI=1S/C20H17NO6/c22-8-7-21-11-16(20(26)27)18(23)15-10-12(5-6-17(15)21)9-13-3-1-2-4-14(13)19(24)25/h1-6,10-11,22H,7-9H2,(H,24,25)(H,26,27). The zero-order valence-corrected chi connectivity index (χ0v) is 14.3. The van der Waals surface area contributed by atoms with E-state index in [1.165, 1.54) is 16.8 Å². The maximum atomic E-state index is 12.6. The van der Waals surface area contributed by atoms with E-state index in [1.54, 1.807) is 36.4 Å². The summed E-state index contributed by atoms with van der Waals surface area (Å²) in [5, 5.41) is 28.0. The highest BCUT2D eigenvalue weighted by molar-refractivity contribution is 5.93. The Kier molecular flexibility index (Phi) is 5.05. The third-order valence-corrected chi connectivity index (χ3v) is 4.36. The van der Waals surface area contributed by atoms with Gasteiger partial charge in [0.25, 0.3) is 0 Å². The Hall–Kier alpha value is -3.45. The molecule has 0 unspecified atom stereocenters. The monoisotopic (exact) mass is 367 g/mol. The van der Waals surface area contributed by atoms with Gasteiger partial charge in [-0.25, -0.2) is 9.59 Å². The minimum atomic E-state index is -1.34. The van der Waals surface area contributed by atoms with E-state index < -0.39 is 17.4 Å². The summed E-state index contributed by atoms with van der Waals surface area (Å²) in [4.78, 5) is 35.3. The highest BCUT2D eigenvalue weighted by atomic mass is 16.4. The van der Waals surface area contributed by atoms with Crippen LogP contribution >= 0.6 is 0 Å². The van der Waals surface area contributed by atoms with Crippen LogP contribution in [0.5, 0.6) is 0 Å². The van der Waals surface area contributed by atoms with Gasteiger partial charge in [0.1, 0.15) is 5.56 Å². The number of carboxylic acid groups (broad SMARTS) is 2. The highest BCUT2D eigenvalue weighted by Crippen LogP contribution is 2.19. The molecule has 138 valence electrons. The fourth-order valence-corrected chi connectivity index (χ4v) is 3.10. The number of nitrogens with zero attached hydrogens (tertiary/aromatic N) is 1. The predicted molar refractivity (Wildman–Crippen MR) is 98.5 cm³/mol. The molecule has 0 aliphatic heterocycles. The number of benzene rings is 2. The van der Waals surface area contributed by atoms with Crippen LogP contribution in [-0.4, -0.2) is 38.4 Å². The number of carbonyl (C=O) groups is 2. The van der Waals surface area contributed by atoms with Gasteiger partial charge in [-0.05, 0) is 35.7 Å². The van der Waals surface area contributed by atoms with Crippen LogP contribution in [0.25, 0.3) is 10.9 Å². The first-order valence-electron chi connectivity index (χ1n) is 8.24. The van der Waals surface area contributed by atoms with Gasteiger partial charge in [-0.3, -0.25) is 4.79 Å². The molecule has 0 bridgehead atoms. The molecule has 7 heteroatoms. The van der Waals surface area contributed by atoms with Crippen molar-refractivity contribution in [1.82, 2.24) is 4.57 Å². The maximum absolute atomic E-state index is 12.6. The number of aromatic carboxylic acids is 2. The summed E-state index contributed by atoms with van der Waals surface area (Å²) in [6.45, 7) is -0.0526. The molecule has 3 N–H and O–H groups in total. The zero-order chi connectivity index (χ0) is 19.6. The predicted octanol–water partition coefficient (Wildman–Crippen LogP) is 1.98. The van der Waals surface area contributed by atoms with Gasteiger partial charge >= 0.3 is 11.9 Å². The molecule has 7 nitrogen and oxygen atoms in total. The second-order valence-corrected chi connectivity index (χ2v) is 6.08. The van der Waals surface area contributed by atoms with Gasteiger partial charge in [0, 0.05) is 18.1 Å². The van der Waals surface area contributed by atoms with Crippen LogP contribution in [0.2, 0.25) is 0 Å². The molecule has 27 heavy (non-hydrogen) atoms. The summed E-state index contributed by atoms with van der Waals surface area (Å²) >= 11 is 0. The largest absolute Gasteiger partial charge is 0.478 e. The molecule has 0 spiro atoms. The molecule has 2 aromatic carbocycles. The number of rotatable bonds is 6. The number of pyridine rings is 1. The van der Waals surface area contributed by atoms with Crippen molar-refractivity contribution in [3.05, 3.63) is 81.1 Å².